The lowest BCUT2D eigenvalue weighted by Gasteiger charge is -2.23. The Morgan fingerprint density at radius 1 is 1.09 bits per heavy atom. The number of guanidine groups is 1. The molecule has 1 atom stereocenters. The van der Waals surface area contributed by atoms with E-state index < -0.39 is 6.04 Å². The van der Waals surface area contributed by atoms with E-state index in [1.54, 1.807) is 0 Å². The van der Waals surface area contributed by atoms with Crippen molar-refractivity contribution in [3.8, 4) is 0 Å². The van der Waals surface area contributed by atoms with E-state index in [4.69, 9.17) is 0 Å². The van der Waals surface area contributed by atoms with Crippen molar-refractivity contribution in [3.05, 3.63) is 70.1 Å². The van der Waals surface area contributed by atoms with Gasteiger partial charge in [-0.25, -0.2) is 4.99 Å². The van der Waals surface area contributed by atoms with Crippen molar-refractivity contribution in [2.45, 2.75) is 12.6 Å². The molecule has 2 aliphatic rings. The summed E-state index contributed by atoms with van der Waals surface area (Å²) in [7, 11) is 0. The lowest BCUT2D eigenvalue weighted by atomic mass is 9.96. The minimum atomic E-state index is -0.537. The van der Waals surface area contributed by atoms with Gasteiger partial charge in [-0.05, 0) is 28.8 Å². The summed E-state index contributed by atoms with van der Waals surface area (Å²) < 4.78 is 0. The van der Waals surface area contributed by atoms with Crippen molar-refractivity contribution in [3.63, 3.8) is 0 Å². The lowest BCUT2D eigenvalue weighted by molar-refractivity contribution is -0.118. The van der Waals surface area contributed by atoms with E-state index in [0.29, 0.717) is 19.0 Å². The van der Waals surface area contributed by atoms with Gasteiger partial charge in [-0.1, -0.05) is 41.6 Å². The highest BCUT2D eigenvalue weighted by atomic mass is 16.3. The first-order valence-corrected chi connectivity index (χ1v) is 7.38. The summed E-state index contributed by atoms with van der Waals surface area (Å²) in [4.78, 5) is 29.2. The van der Waals surface area contributed by atoms with Crippen LogP contribution in [0, 0.1) is 4.91 Å². The number of fused-ring (bicyclic) bond motifs is 2. The first-order chi connectivity index (χ1) is 11.2. The molecule has 6 heteroatoms. The molecule has 1 saturated heterocycles. The normalized spacial score (nSPS) is 17.0. The topological polar surface area (TPSA) is 74.1 Å². The highest BCUT2D eigenvalue weighted by Crippen LogP contribution is 2.33. The Kier molecular flexibility index (Phi) is 3.15. The van der Waals surface area contributed by atoms with Crippen LogP contribution in [-0.2, 0) is 11.3 Å². The quantitative estimate of drug-likeness (QED) is 0.885. The van der Waals surface area contributed by atoms with Crippen LogP contribution in [0.15, 0.2) is 58.7 Å². The number of aliphatic imine (C=N–C) groups is 1. The van der Waals surface area contributed by atoms with Gasteiger partial charge in [-0.3, -0.25) is 10.1 Å². The third kappa shape index (κ3) is 2.38. The zero-order chi connectivity index (χ0) is 15.8. The van der Waals surface area contributed by atoms with Crippen molar-refractivity contribution in [1.29, 1.82) is 0 Å². The second-order valence-corrected chi connectivity index (χ2v) is 5.65. The molecule has 0 spiro atoms. The third-order valence-electron chi connectivity index (χ3n) is 4.11. The fraction of sp³-hybridized carbons (Fsp3) is 0.176. The van der Waals surface area contributed by atoms with Gasteiger partial charge in [0.2, 0.25) is 11.9 Å². The molecule has 114 valence electrons. The van der Waals surface area contributed by atoms with Crippen molar-refractivity contribution in [1.82, 2.24) is 10.2 Å². The summed E-state index contributed by atoms with van der Waals surface area (Å²) in [6.45, 7) is 0.914. The molecule has 0 aliphatic carbocycles. The predicted octanol–water partition coefficient (Wildman–Crippen LogP) is 2.48. The summed E-state index contributed by atoms with van der Waals surface area (Å²) in [5.41, 5.74) is 3.51. The van der Waals surface area contributed by atoms with Crippen LogP contribution in [0.2, 0.25) is 0 Å². The molecule has 0 saturated carbocycles. The molecule has 6 nitrogen and oxygen atoms in total. The lowest BCUT2D eigenvalue weighted by Crippen LogP contribution is -2.32. The maximum absolute atomic E-state index is 11.5. The second-order valence-electron chi connectivity index (χ2n) is 5.65. The van der Waals surface area contributed by atoms with Gasteiger partial charge < -0.3 is 4.90 Å². The fourth-order valence-corrected chi connectivity index (χ4v) is 3.00. The van der Waals surface area contributed by atoms with Gasteiger partial charge in [-0.2, -0.15) is 0 Å². The Morgan fingerprint density at radius 2 is 1.91 bits per heavy atom. The monoisotopic (exact) mass is 306 g/mol. The Labute approximate surface area is 132 Å². The van der Waals surface area contributed by atoms with Crippen LogP contribution in [0.25, 0.3) is 0 Å². The number of rotatable bonds is 3. The second kappa shape index (κ2) is 5.31. The van der Waals surface area contributed by atoms with Crippen LogP contribution in [-0.4, -0.2) is 23.3 Å². The van der Waals surface area contributed by atoms with Crippen LogP contribution < -0.4 is 5.32 Å². The van der Waals surface area contributed by atoms with Crippen molar-refractivity contribution >= 4 is 17.6 Å². The first kappa shape index (κ1) is 13.6. The first-order valence-electron chi connectivity index (χ1n) is 7.38. The third-order valence-corrected chi connectivity index (χ3v) is 4.11. The molecule has 1 N–H and O–H groups in total. The van der Waals surface area contributed by atoms with E-state index in [1.165, 1.54) is 0 Å². The molecule has 1 fully saturated rings. The molecule has 0 aromatic heterocycles. The molecular formula is C17H14N4O2. The standard InChI is InChI=1S/C17H14N4O2/c22-15-10-21-9-13-8-12(6-7-14(13)18-17(21)19-15)16(20-23)11-4-2-1-3-5-11/h1-8,16H,9-10H2,(H,18,19,22). The van der Waals surface area contributed by atoms with Crippen molar-refractivity contribution < 1.29 is 4.79 Å². The average Bonchev–Trinajstić information content (AvgIpc) is 2.93. The number of carbonyl (C=O) groups excluding carboxylic acids is 1. The number of nitrogens with zero attached hydrogens (tertiary/aromatic N) is 3. The predicted molar refractivity (Wildman–Crippen MR) is 86.2 cm³/mol. The molecule has 2 aromatic carbocycles. The molecule has 23 heavy (non-hydrogen) atoms. The van der Waals surface area contributed by atoms with Crippen LogP contribution in [0.4, 0.5) is 5.69 Å². The van der Waals surface area contributed by atoms with E-state index in [9.17, 15) is 9.70 Å². The summed E-state index contributed by atoms with van der Waals surface area (Å²) >= 11 is 0. The van der Waals surface area contributed by atoms with E-state index >= 15 is 0 Å². The van der Waals surface area contributed by atoms with Crippen molar-refractivity contribution in [2.24, 2.45) is 10.2 Å². The van der Waals surface area contributed by atoms with Crippen LogP contribution >= 0.6 is 0 Å². The van der Waals surface area contributed by atoms with Gasteiger partial charge >= 0.3 is 0 Å². The van der Waals surface area contributed by atoms with Crippen LogP contribution in [0.1, 0.15) is 22.7 Å². The van der Waals surface area contributed by atoms with Crippen LogP contribution in [0.5, 0.6) is 0 Å². The van der Waals surface area contributed by atoms with E-state index in [2.05, 4.69) is 15.5 Å². The summed E-state index contributed by atoms with van der Waals surface area (Å²) in [5.74, 6) is 0.553. The number of hydrogen-bond acceptors (Lipinski definition) is 5. The average molecular weight is 306 g/mol. The number of nitrogens with one attached hydrogen (secondary N) is 1. The number of amides is 1. The fourth-order valence-electron chi connectivity index (χ4n) is 3.00. The van der Waals surface area contributed by atoms with Gasteiger partial charge in [-0.15, -0.1) is 4.91 Å². The smallest absolute Gasteiger partial charge is 0.246 e. The Hall–Kier alpha value is -3.02. The van der Waals surface area contributed by atoms with E-state index in [0.717, 1.165) is 22.4 Å². The summed E-state index contributed by atoms with van der Waals surface area (Å²) in [6, 6.07) is 14.6. The molecule has 2 heterocycles. The molecular weight excluding hydrogens is 292 g/mol. The molecule has 1 unspecified atom stereocenters. The van der Waals surface area contributed by atoms with Gasteiger partial charge in [0.05, 0.1) is 5.69 Å². The summed E-state index contributed by atoms with van der Waals surface area (Å²) in [6.07, 6.45) is 0. The SMILES string of the molecule is O=NC(c1ccccc1)c1ccc2c(c1)CN1CC(=O)NC1=N2. The van der Waals surface area contributed by atoms with Gasteiger partial charge in [0.1, 0.15) is 12.6 Å². The van der Waals surface area contributed by atoms with Gasteiger partial charge in [0, 0.05) is 6.54 Å². The molecule has 1 amide bonds. The Balaban J connectivity index is 1.70. The number of benzene rings is 2. The number of hydrogen-bond donors (Lipinski definition) is 1. The highest BCUT2D eigenvalue weighted by Gasteiger charge is 2.29. The van der Waals surface area contributed by atoms with E-state index in [1.807, 2.05) is 53.4 Å². The Bertz CT molecular complexity index is 817. The molecule has 4 rings (SSSR count). The highest BCUT2D eigenvalue weighted by molar-refractivity contribution is 6.05. The maximum atomic E-state index is 11.5. The van der Waals surface area contributed by atoms with E-state index in [-0.39, 0.29) is 5.91 Å². The minimum Gasteiger partial charge on any atom is -0.329 e. The van der Waals surface area contributed by atoms with Crippen LogP contribution in [0.3, 0.4) is 0 Å². The Morgan fingerprint density at radius 3 is 2.70 bits per heavy atom. The van der Waals surface area contributed by atoms with Gasteiger partial charge in [0.15, 0.2) is 0 Å². The minimum absolute atomic E-state index is 0.0477. The number of nitroso groups, excluding NO2 is 1. The molecule has 2 aliphatic heterocycles. The molecule has 2 aromatic rings. The molecule has 0 radical (unpaired) electrons. The molecule has 0 bridgehead atoms. The largest absolute Gasteiger partial charge is 0.329 e. The number of carbonyl (C=O) groups is 1. The van der Waals surface area contributed by atoms with Crippen molar-refractivity contribution in [2.75, 3.05) is 6.54 Å². The zero-order valence-corrected chi connectivity index (χ0v) is 12.3. The zero-order valence-electron chi connectivity index (χ0n) is 12.3. The maximum Gasteiger partial charge on any atom is 0.246 e. The van der Waals surface area contributed by atoms with Gasteiger partial charge in [0.25, 0.3) is 0 Å². The summed E-state index contributed by atoms with van der Waals surface area (Å²) in [5, 5.41) is 6.03.